The molecule has 1 heterocycles. The Hall–Kier alpha value is 0.620. The van der Waals surface area contributed by atoms with E-state index in [1.54, 1.807) is 0 Å². The molecule has 0 radical (unpaired) electrons. The summed E-state index contributed by atoms with van der Waals surface area (Å²) in [7, 11) is -1.27. The molecule has 0 spiro atoms. The van der Waals surface area contributed by atoms with Gasteiger partial charge in [0.05, 0.1) is 25.9 Å². The number of rotatable bonds is 14. The van der Waals surface area contributed by atoms with E-state index in [-0.39, 0.29) is 21.2 Å². The zero-order valence-electron chi connectivity index (χ0n) is 18.1. The van der Waals surface area contributed by atoms with Crippen molar-refractivity contribution in [2.24, 2.45) is 17.8 Å². The molecule has 166 valence electrons. The maximum Gasteiger partial charge on any atom is 0.363 e. The quantitative estimate of drug-likeness (QED) is 0.174. The van der Waals surface area contributed by atoms with Gasteiger partial charge in [-0.2, -0.15) is 4.67 Å². The highest BCUT2D eigenvalue weighted by atomic mass is 31.2. The summed E-state index contributed by atoms with van der Waals surface area (Å²) in [4.78, 5) is 5.47. The topological polar surface area (TPSA) is 55.4 Å². The van der Waals surface area contributed by atoms with E-state index in [9.17, 15) is 0 Å². The van der Waals surface area contributed by atoms with Crippen LogP contribution >= 0.6 is 17.6 Å². The van der Waals surface area contributed by atoms with Crippen molar-refractivity contribution < 1.29 is 27.7 Å². The summed E-state index contributed by atoms with van der Waals surface area (Å²) in [5.74, 6) is 1.38. The fourth-order valence-electron chi connectivity index (χ4n) is 3.33. The first-order chi connectivity index (χ1) is 13.6. The molecule has 1 aliphatic carbocycles. The van der Waals surface area contributed by atoms with Crippen LogP contribution in [0.2, 0.25) is 0 Å². The molecule has 0 N–H and O–H groups in total. The lowest BCUT2D eigenvalue weighted by Crippen LogP contribution is -2.37. The minimum Gasteiger partial charge on any atom is -0.336 e. The van der Waals surface area contributed by atoms with E-state index in [1.807, 2.05) is 0 Å². The zero-order valence-corrected chi connectivity index (χ0v) is 20.0. The van der Waals surface area contributed by atoms with E-state index in [1.165, 1.54) is 38.5 Å². The van der Waals surface area contributed by atoms with E-state index in [0.29, 0.717) is 31.0 Å². The second-order valence-electron chi connectivity index (χ2n) is 8.23. The molecule has 0 bridgehead atoms. The summed E-state index contributed by atoms with van der Waals surface area (Å²) in [5.41, 5.74) is 0. The van der Waals surface area contributed by atoms with Crippen molar-refractivity contribution in [3.8, 4) is 0 Å². The van der Waals surface area contributed by atoms with Crippen LogP contribution < -0.4 is 0 Å². The van der Waals surface area contributed by atoms with E-state index in [2.05, 4.69) is 27.7 Å². The van der Waals surface area contributed by atoms with Crippen LogP contribution in [0.3, 0.4) is 0 Å². The lowest BCUT2D eigenvalue weighted by molar-refractivity contribution is -0.304. The largest absolute Gasteiger partial charge is 0.363 e. The molecule has 8 heteroatoms. The third-order valence-corrected chi connectivity index (χ3v) is 7.41. The molecule has 7 atom stereocenters. The van der Waals surface area contributed by atoms with E-state index < -0.39 is 8.60 Å². The third kappa shape index (κ3) is 9.18. The van der Waals surface area contributed by atoms with Crippen LogP contribution in [-0.2, 0) is 27.7 Å². The van der Waals surface area contributed by atoms with Crippen molar-refractivity contribution in [1.29, 1.82) is 0 Å². The van der Waals surface area contributed by atoms with Gasteiger partial charge in [-0.3, -0.25) is 0 Å². The van der Waals surface area contributed by atoms with E-state index >= 15 is 0 Å². The molecule has 2 aliphatic rings. The molecule has 1 saturated carbocycles. The first-order valence-corrected chi connectivity index (χ1v) is 13.0. The molecule has 1 aliphatic heterocycles. The van der Waals surface area contributed by atoms with Crippen LogP contribution in [0.15, 0.2) is 0 Å². The van der Waals surface area contributed by atoms with Gasteiger partial charge in [-0.15, -0.1) is 0 Å². The number of hydrogen-bond acceptors (Lipinski definition) is 6. The van der Waals surface area contributed by atoms with Crippen LogP contribution in [0.25, 0.3) is 0 Å². The number of hydrogen-bond donors (Lipinski definition) is 0. The van der Waals surface area contributed by atoms with Gasteiger partial charge in [-0.25, -0.2) is 4.89 Å². The van der Waals surface area contributed by atoms with Gasteiger partial charge in [0.1, 0.15) is 6.10 Å². The monoisotopic (exact) mass is 438 g/mol. The Morgan fingerprint density at radius 1 is 1.00 bits per heavy atom. The molecule has 6 nitrogen and oxygen atoms in total. The van der Waals surface area contributed by atoms with Crippen molar-refractivity contribution in [2.75, 3.05) is 19.8 Å². The van der Waals surface area contributed by atoms with Gasteiger partial charge in [0.25, 0.3) is 0 Å². The third-order valence-electron chi connectivity index (χ3n) is 5.83. The van der Waals surface area contributed by atoms with Crippen LogP contribution in [0.4, 0.5) is 0 Å². The first-order valence-electron chi connectivity index (χ1n) is 11.1. The van der Waals surface area contributed by atoms with Gasteiger partial charge < -0.3 is 18.1 Å². The molecule has 0 aromatic carbocycles. The minimum absolute atomic E-state index is 0.0797. The van der Waals surface area contributed by atoms with Crippen LogP contribution in [0.5, 0.6) is 0 Å². The smallest absolute Gasteiger partial charge is 0.336 e. The molecule has 1 saturated heterocycles. The van der Waals surface area contributed by atoms with Gasteiger partial charge >= 0.3 is 8.60 Å². The Morgan fingerprint density at radius 3 is 2.46 bits per heavy atom. The number of fused-ring (bicyclic) bond motifs is 1. The lowest BCUT2D eigenvalue weighted by atomic mass is 9.95. The van der Waals surface area contributed by atoms with Gasteiger partial charge in [0, 0.05) is 0 Å². The molecule has 7 unspecified atom stereocenters. The van der Waals surface area contributed by atoms with Crippen LogP contribution in [-0.4, -0.2) is 32.0 Å². The molecule has 0 amide bonds. The number of unbranched alkanes of at least 4 members (excludes halogenated alkanes) is 1. The highest BCUT2D eigenvalue weighted by Crippen LogP contribution is 2.49. The van der Waals surface area contributed by atoms with Crippen molar-refractivity contribution in [2.45, 2.75) is 91.3 Å². The standard InChI is InChI=1S/C20H40O6P2/c1-5-7-10-18(6-2)15-22-27-21-13-16(3)17(4)14-23-28-25-20-12-9-8-11-19(20)24-26-28/h16-20,27H,5-15H2,1-4H3. The summed E-state index contributed by atoms with van der Waals surface area (Å²) < 4.78 is 28.6. The molecule has 0 aromatic heterocycles. The van der Waals surface area contributed by atoms with Gasteiger partial charge in [0.15, 0.2) is 9.03 Å². The second-order valence-corrected chi connectivity index (χ2v) is 10.0. The van der Waals surface area contributed by atoms with Crippen molar-refractivity contribution in [3.05, 3.63) is 0 Å². The average molecular weight is 438 g/mol. The summed E-state index contributed by atoms with van der Waals surface area (Å²) >= 11 is 0. The Morgan fingerprint density at radius 2 is 1.71 bits per heavy atom. The van der Waals surface area contributed by atoms with Crippen molar-refractivity contribution >= 4 is 17.6 Å². The molecular weight excluding hydrogens is 398 g/mol. The van der Waals surface area contributed by atoms with Gasteiger partial charge in [-0.1, -0.05) is 59.8 Å². The Kier molecular flexibility index (Phi) is 13.0. The molecule has 28 heavy (non-hydrogen) atoms. The second kappa shape index (κ2) is 14.6. The maximum absolute atomic E-state index is 5.94. The fraction of sp³-hybridized carbons (Fsp3) is 1.00. The minimum atomic E-state index is -1.39. The highest BCUT2D eigenvalue weighted by Gasteiger charge is 2.37. The SMILES string of the molecule is CCCCC(CC)COPOCC(C)C(C)COP1OOC2CCCCC2O1. The van der Waals surface area contributed by atoms with Gasteiger partial charge in [-0.05, 0) is 37.0 Å². The maximum atomic E-state index is 5.94. The van der Waals surface area contributed by atoms with E-state index in [4.69, 9.17) is 27.7 Å². The summed E-state index contributed by atoms with van der Waals surface area (Å²) in [5, 5.41) is 0. The van der Waals surface area contributed by atoms with Crippen molar-refractivity contribution in [3.63, 3.8) is 0 Å². The fourth-order valence-corrected chi connectivity index (χ4v) is 5.19. The highest BCUT2D eigenvalue weighted by molar-refractivity contribution is 7.41. The normalized spacial score (nSPS) is 28.9. The molecule has 2 rings (SSSR count). The molecule has 2 fully saturated rings. The average Bonchev–Trinajstić information content (AvgIpc) is 2.73. The molecular formula is C20H40O6P2. The zero-order chi connectivity index (χ0) is 20.2. The van der Waals surface area contributed by atoms with Gasteiger partial charge in [0.2, 0.25) is 0 Å². The predicted molar refractivity (Wildman–Crippen MR) is 114 cm³/mol. The first kappa shape index (κ1) is 24.9. The Balaban J connectivity index is 1.52. The van der Waals surface area contributed by atoms with E-state index in [0.717, 1.165) is 19.4 Å². The summed E-state index contributed by atoms with van der Waals surface area (Å²) in [6, 6.07) is 0. The molecule has 0 aromatic rings. The predicted octanol–water partition coefficient (Wildman–Crippen LogP) is 6.55. The summed E-state index contributed by atoms with van der Waals surface area (Å²) in [6.07, 6.45) is 9.59. The van der Waals surface area contributed by atoms with Crippen LogP contribution in [0, 0.1) is 17.8 Å². The lowest BCUT2D eigenvalue weighted by Gasteiger charge is -2.36. The Bertz CT molecular complexity index is 403. The van der Waals surface area contributed by atoms with Crippen LogP contribution in [0.1, 0.15) is 79.1 Å². The Labute approximate surface area is 174 Å². The van der Waals surface area contributed by atoms with Crippen molar-refractivity contribution in [1.82, 2.24) is 0 Å². The summed E-state index contributed by atoms with van der Waals surface area (Å²) in [6.45, 7) is 10.9.